The van der Waals surface area contributed by atoms with Crippen molar-refractivity contribution < 1.29 is 8.78 Å². The van der Waals surface area contributed by atoms with Gasteiger partial charge in [-0.3, -0.25) is 9.78 Å². The summed E-state index contributed by atoms with van der Waals surface area (Å²) in [7, 11) is 0. The fourth-order valence-corrected chi connectivity index (χ4v) is 2.00. The number of hydrogen-bond acceptors (Lipinski definition) is 3. The Morgan fingerprint density at radius 1 is 1.00 bits per heavy atom. The number of rotatable bonds is 2. The van der Waals surface area contributed by atoms with Gasteiger partial charge < -0.3 is 0 Å². The van der Waals surface area contributed by atoms with Gasteiger partial charge in [-0.05, 0) is 29.8 Å². The highest BCUT2D eigenvalue weighted by Crippen LogP contribution is 2.28. The lowest BCUT2D eigenvalue weighted by Crippen LogP contribution is -2.05. The van der Waals surface area contributed by atoms with Crippen molar-refractivity contribution >= 4 is 0 Å². The summed E-state index contributed by atoms with van der Waals surface area (Å²) in [6.07, 6.45) is 2.83. The number of nitrogens with one attached hydrogen (secondary N) is 1. The van der Waals surface area contributed by atoms with Gasteiger partial charge in [0.05, 0.1) is 6.20 Å². The molecular formula is C15H9F2N3O. The van der Waals surface area contributed by atoms with Crippen LogP contribution in [-0.4, -0.2) is 15.2 Å². The van der Waals surface area contributed by atoms with E-state index in [2.05, 4.69) is 15.2 Å². The number of aromatic amines is 1. The van der Waals surface area contributed by atoms with Crippen LogP contribution in [0.2, 0.25) is 0 Å². The highest BCUT2D eigenvalue weighted by Gasteiger charge is 2.13. The second-order valence-corrected chi connectivity index (χ2v) is 4.36. The van der Waals surface area contributed by atoms with Crippen molar-refractivity contribution in [3.63, 3.8) is 0 Å². The van der Waals surface area contributed by atoms with E-state index in [4.69, 9.17) is 0 Å². The predicted molar refractivity (Wildman–Crippen MR) is 73.4 cm³/mol. The molecule has 0 spiro atoms. The maximum absolute atomic E-state index is 13.9. The second kappa shape index (κ2) is 5.24. The van der Waals surface area contributed by atoms with Gasteiger partial charge in [-0.15, -0.1) is 0 Å². The van der Waals surface area contributed by atoms with Gasteiger partial charge in [0.25, 0.3) is 5.56 Å². The molecule has 1 N–H and O–H groups in total. The monoisotopic (exact) mass is 285 g/mol. The van der Waals surface area contributed by atoms with Gasteiger partial charge in [0.1, 0.15) is 17.3 Å². The Morgan fingerprint density at radius 3 is 2.62 bits per heavy atom. The van der Waals surface area contributed by atoms with Crippen LogP contribution in [0.25, 0.3) is 22.4 Å². The lowest BCUT2D eigenvalue weighted by Gasteiger charge is -2.07. The van der Waals surface area contributed by atoms with Gasteiger partial charge in [0.2, 0.25) is 0 Å². The van der Waals surface area contributed by atoms with Crippen molar-refractivity contribution in [3.05, 3.63) is 70.8 Å². The van der Waals surface area contributed by atoms with E-state index in [1.165, 1.54) is 48.8 Å². The molecule has 3 aromatic rings. The number of pyridine rings is 1. The Morgan fingerprint density at radius 2 is 1.86 bits per heavy atom. The van der Waals surface area contributed by atoms with Gasteiger partial charge in [-0.1, -0.05) is 6.07 Å². The van der Waals surface area contributed by atoms with Crippen molar-refractivity contribution in [1.29, 1.82) is 0 Å². The molecule has 0 aliphatic heterocycles. The van der Waals surface area contributed by atoms with E-state index in [0.717, 1.165) is 0 Å². The minimum atomic E-state index is -0.613. The zero-order chi connectivity index (χ0) is 14.8. The number of nitrogens with zero attached hydrogens (tertiary/aromatic N) is 2. The Bertz CT molecular complexity index is 861. The number of halogens is 2. The molecule has 2 aromatic heterocycles. The van der Waals surface area contributed by atoms with Crippen LogP contribution in [-0.2, 0) is 0 Å². The third kappa shape index (κ3) is 2.55. The highest BCUT2D eigenvalue weighted by atomic mass is 19.1. The van der Waals surface area contributed by atoms with Crippen LogP contribution in [0.15, 0.2) is 53.6 Å². The van der Waals surface area contributed by atoms with E-state index in [1.807, 2.05) is 0 Å². The topological polar surface area (TPSA) is 58.6 Å². The zero-order valence-electron chi connectivity index (χ0n) is 10.7. The first-order valence-electron chi connectivity index (χ1n) is 6.11. The van der Waals surface area contributed by atoms with E-state index in [1.54, 1.807) is 0 Å². The summed E-state index contributed by atoms with van der Waals surface area (Å²) in [6, 6.07) is 8.12. The van der Waals surface area contributed by atoms with Crippen LogP contribution in [0.3, 0.4) is 0 Å². The molecule has 0 aliphatic rings. The first-order valence-corrected chi connectivity index (χ1v) is 6.11. The summed E-state index contributed by atoms with van der Waals surface area (Å²) in [4.78, 5) is 15.1. The molecule has 0 saturated heterocycles. The van der Waals surface area contributed by atoms with Gasteiger partial charge in [-0.2, -0.15) is 5.10 Å². The van der Waals surface area contributed by atoms with E-state index in [9.17, 15) is 13.6 Å². The fourth-order valence-electron chi connectivity index (χ4n) is 2.00. The van der Waals surface area contributed by atoms with Crippen LogP contribution < -0.4 is 5.56 Å². The molecule has 0 bridgehead atoms. The summed E-state index contributed by atoms with van der Waals surface area (Å²) in [5.74, 6) is -1.20. The van der Waals surface area contributed by atoms with Gasteiger partial charge in [-0.25, -0.2) is 13.9 Å². The molecule has 0 saturated carbocycles. The van der Waals surface area contributed by atoms with Crippen LogP contribution in [0.4, 0.5) is 8.78 Å². The first kappa shape index (κ1) is 13.1. The van der Waals surface area contributed by atoms with Crippen molar-refractivity contribution in [3.8, 4) is 22.4 Å². The summed E-state index contributed by atoms with van der Waals surface area (Å²) < 4.78 is 27.7. The van der Waals surface area contributed by atoms with Crippen LogP contribution >= 0.6 is 0 Å². The number of hydrogen-bond donors (Lipinski definition) is 1. The highest BCUT2D eigenvalue weighted by molar-refractivity contribution is 5.71. The fraction of sp³-hybridized carbons (Fsp3) is 0. The van der Waals surface area contributed by atoms with Crippen LogP contribution in [0, 0.1) is 11.6 Å². The smallest absolute Gasteiger partial charge is 0.264 e. The molecule has 0 atom stereocenters. The van der Waals surface area contributed by atoms with E-state index in [-0.39, 0.29) is 16.8 Å². The molecule has 0 radical (unpaired) electrons. The summed E-state index contributed by atoms with van der Waals surface area (Å²) >= 11 is 0. The quantitative estimate of drug-likeness (QED) is 0.787. The second-order valence-electron chi connectivity index (χ2n) is 4.36. The summed E-state index contributed by atoms with van der Waals surface area (Å²) in [6.45, 7) is 0. The third-order valence-electron chi connectivity index (χ3n) is 2.98. The number of benzene rings is 1. The lowest BCUT2D eigenvalue weighted by atomic mass is 10.0. The summed E-state index contributed by atoms with van der Waals surface area (Å²) in [5.41, 5.74) is 0.648. The van der Waals surface area contributed by atoms with Crippen LogP contribution in [0.1, 0.15) is 0 Å². The molecular weight excluding hydrogens is 276 g/mol. The largest absolute Gasteiger partial charge is 0.268 e. The zero-order valence-corrected chi connectivity index (χ0v) is 10.7. The number of aromatic nitrogens is 3. The van der Waals surface area contributed by atoms with Crippen molar-refractivity contribution in [2.75, 3.05) is 0 Å². The molecule has 0 amide bonds. The molecule has 3 rings (SSSR count). The van der Waals surface area contributed by atoms with E-state index in [0.29, 0.717) is 11.1 Å². The van der Waals surface area contributed by atoms with E-state index < -0.39 is 11.6 Å². The lowest BCUT2D eigenvalue weighted by molar-refractivity contribution is 0.611. The van der Waals surface area contributed by atoms with Crippen molar-refractivity contribution in [2.24, 2.45) is 0 Å². The van der Waals surface area contributed by atoms with Gasteiger partial charge >= 0.3 is 0 Å². The standard InChI is InChI=1S/C15H9F2N3O/c16-12-4-3-9(10-7-14(21)20-19-8-10)6-11(12)15-13(17)2-1-5-18-15/h1-8H,(H,20,21). The van der Waals surface area contributed by atoms with E-state index >= 15 is 0 Å². The summed E-state index contributed by atoms with van der Waals surface area (Å²) in [5, 5.41) is 5.94. The molecule has 0 fully saturated rings. The van der Waals surface area contributed by atoms with Gasteiger partial charge in [0, 0.05) is 23.4 Å². The Balaban J connectivity index is 2.18. The SMILES string of the molecule is O=c1cc(-c2ccc(F)c(-c3ncccc3F)c2)cn[nH]1. The minimum absolute atomic E-state index is 0.0332. The Labute approximate surface area is 118 Å². The number of H-pyrrole nitrogens is 1. The molecule has 21 heavy (non-hydrogen) atoms. The molecule has 104 valence electrons. The molecule has 2 heterocycles. The first-order chi connectivity index (χ1) is 10.1. The Hall–Kier alpha value is -2.89. The van der Waals surface area contributed by atoms with Crippen LogP contribution in [0.5, 0.6) is 0 Å². The average Bonchev–Trinajstić information content (AvgIpc) is 2.49. The van der Waals surface area contributed by atoms with Crippen molar-refractivity contribution in [2.45, 2.75) is 0 Å². The molecule has 0 aliphatic carbocycles. The van der Waals surface area contributed by atoms with Gasteiger partial charge in [0.15, 0.2) is 0 Å². The minimum Gasteiger partial charge on any atom is -0.268 e. The Kier molecular flexibility index (Phi) is 3.27. The average molecular weight is 285 g/mol. The normalized spacial score (nSPS) is 10.6. The maximum atomic E-state index is 13.9. The third-order valence-corrected chi connectivity index (χ3v) is 2.98. The molecule has 6 heteroatoms. The molecule has 0 unspecified atom stereocenters. The maximum Gasteiger partial charge on any atom is 0.264 e. The molecule has 4 nitrogen and oxygen atoms in total. The van der Waals surface area contributed by atoms with Crippen molar-refractivity contribution in [1.82, 2.24) is 15.2 Å². The molecule has 1 aromatic carbocycles. The predicted octanol–water partition coefficient (Wildman–Crippen LogP) is 2.78.